The maximum Gasteiger partial charge on any atom is 0.305 e. The van der Waals surface area contributed by atoms with Crippen LogP contribution in [0.3, 0.4) is 0 Å². The van der Waals surface area contributed by atoms with Crippen LogP contribution >= 0.6 is 0 Å². The molecule has 5 heteroatoms. The predicted octanol–water partition coefficient (Wildman–Crippen LogP) is 0.770. The van der Waals surface area contributed by atoms with E-state index in [0.29, 0.717) is 13.0 Å². The summed E-state index contributed by atoms with van der Waals surface area (Å²) < 4.78 is 10.5. The van der Waals surface area contributed by atoms with Crippen LogP contribution in [0.5, 0.6) is 0 Å². The second kappa shape index (κ2) is 7.37. The molecule has 0 saturated heterocycles. The van der Waals surface area contributed by atoms with Gasteiger partial charge in [-0.1, -0.05) is 30.3 Å². The Morgan fingerprint density at radius 2 is 2.06 bits per heavy atom. The molecule has 3 nitrogen and oxygen atoms in total. The molecular weight excluding hydrogens is 236 g/mol. The maximum absolute atomic E-state index is 11.4. The van der Waals surface area contributed by atoms with Crippen LogP contribution in [-0.2, 0) is 20.3 Å². The van der Waals surface area contributed by atoms with Crippen LogP contribution in [0, 0.1) is 0 Å². The van der Waals surface area contributed by atoms with Gasteiger partial charge in [0.15, 0.2) is 9.04 Å². The Labute approximate surface area is 101 Å². The number of carbonyl (C=O) groups excluding carboxylic acids is 1. The lowest BCUT2D eigenvalue weighted by molar-refractivity contribution is -0.144. The van der Waals surface area contributed by atoms with Crippen molar-refractivity contribution in [2.75, 3.05) is 0 Å². The Morgan fingerprint density at radius 3 is 2.69 bits per heavy atom. The van der Waals surface area contributed by atoms with Gasteiger partial charge in [0.2, 0.25) is 0 Å². The zero-order chi connectivity index (χ0) is 11.8. The molecule has 0 aliphatic heterocycles. The topological polar surface area (TPSA) is 35.5 Å². The van der Waals surface area contributed by atoms with Crippen molar-refractivity contribution in [1.82, 2.24) is 0 Å². The van der Waals surface area contributed by atoms with Crippen LogP contribution in [0.25, 0.3) is 0 Å². The summed E-state index contributed by atoms with van der Waals surface area (Å²) in [5, 5.41) is 0. The van der Waals surface area contributed by atoms with Gasteiger partial charge in [0.1, 0.15) is 17.1 Å². The summed E-state index contributed by atoms with van der Waals surface area (Å²) in [6.45, 7) is 2.48. The molecule has 1 aromatic carbocycles. The monoisotopic (exact) mass is 254 g/mol. The Kier molecular flexibility index (Phi) is 6.06. The van der Waals surface area contributed by atoms with Gasteiger partial charge in [-0.25, -0.2) is 0 Å². The lowest BCUT2D eigenvalue weighted by Crippen LogP contribution is -2.14. The van der Waals surface area contributed by atoms with E-state index in [4.69, 9.17) is 8.85 Å². The van der Waals surface area contributed by atoms with E-state index < -0.39 is 9.04 Å². The van der Waals surface area contributed by atoms with E-state index in [1.54, 1.807) is 0 Å². The quantitative estimate of drug-likeness (QED) is 0.556. The van der Waals surface area contributed by atoms with Crippen molar-refractivity contribution < 1.29 is 13.6 Å². The molecule has 1 rings (SSSR count). The van der Waals surface area contributed by atoms with E-state index in [9.17, 15) is 4.79 Å². The fraction of sp³-hybridized carbons (Fsp3) is 0.364. The molecule has 1 aromatic rings. The molecule has 0 aliphatic carbocycles. The van der Waals surface area contributed by atoms with Crippen molar-refractivity contribution in [1.29, 1.82) is 0 Å². The second-order valence-electron chi connectivity index (χ2n) is 3.73. The van der Waals surface area contributed by atoms with Crippen LogP contribution < -0.4 is 0 Å². The Hall–Kier alpha value is -0.916. The second-order valence-corrected chi connectivity index (χ2v) is 7.82. The lowest BCUT2D eigenvalue weighted by atomic mass is 10.2. The van der Waals surface area contributed by atoms with E-state index in [1.165, 1.54) is 0 Å². The molecule has 0 amide bonds. The highest BCUT2D eigenvalue weighted by atomic mass is 28.3. The smallest absolute Gasteiger partial charge is 0.305 e. The van der Waals surface area contributed by atoms with Crippen LogP contribution in [0.4, 0.5) is 0 Å². The van der Waals surface area contributed by atoms with Crippen molar-refractivity contribution >= 4 is 25.5 Å². The number of hydrogen-bond donors (Lipinski definition) is 0. The fourth-order valence-electron chi connectivity index (χ4n) is 1.25. The van der Waals surface area contributed by atoms with Gasteiger partial charge in [-0.3, -0.25) is 4.79 Å². The Bertz CT molecular complexity index is 316. The van der Waals surface area contributed by atoms with Gasteiger partial charge in [0, 0.05) is 6.42 Å². The summed E-state index contributed by atoms with van der Waals surface area (Å²) in [6, 6.07) is 10.6. The summed E-state index contributed by atoms with van der Waals surface area (Å²) in [4.78, 5) is 11.4. The van der Waals surface area contributed by atoms with Gasteiger partial charge in [0.25, 0.3) is 0 Å². The largest absolute Gasteiger partial charge is 0.466 e. The Balaban J connectivity index is 2.20. The minimum absolute atomic E-state index is 0.123. The lowest BCUT2D eigenvalue weighted by Gasteiger charge is -2.08. The van der Waals surface area contributed by atoms with Crippen LogP contribution in [-0.4, -0.2) is 25.5 Å². The van der Waals surface area contributed by atoms with E-state index in [-0.39, 0.29) is 5.97 Å². The first-order valence-corrected chi connectivity index (χ1v) is 8.70. The van der Waals surface area contributed by atoms with E-state index >= 15 is 0 Å². The molecule has 88 valence electrons. The first kappa shape index (κ1) is 13.2. The summed E-state index contributed by atoms with van der Waals surface area (Å²) in [6.07, 6.45) is 0.489. The van der Waals surface area contributed by atoms with Crippen LogP contribution in [0.1, 0.15) is 12.0 Å². The summed E-state index contributed by atoms with van der Waals surface area (Å²) in [7, 11) is -0.300. The minimum Gasteiger partial charge on any atom is -0.466 e. The van der Waals surface area contributed by atoms with Gasteiger partial charge in [0.05, 0.1) is 0 Å². The third-order valence-electron chi connectivity index (χ3n) is 2.40. The molecule has 0 fully saturated rings. The predicted molar refractivity (Wildman–Crippen MR) is 69.7 cm³/mol. The van der Waals surface area contributed by atoms with Gasteiger partial charge in [-0.2, -0.15) is 0 Å². The van der Waals surface area contributed by atoms with E-state index in [0.717, 1.165) is 22.1 Å². The summed E-state index contributed by atoms with van der Waals surface area (Å²) in [5.74, 6) is -0.123. The molecule has 1 unspecified atom stereocenters. The molecule has 0 bridgehead atoms. The van der Waals surface area contributed by atoms with Crippen molar-refractivity contribution in [3.8, 4) is 0 Å². The normalized spacial score (nSPS) is 12.3. The average molecular weight is 254 g/mol. The van der Waals surface area contributed by atoms with Crippen LogP contribution in [0.2, 0.25) is 12.6 Å². The maximum atomic E-state index is 11.4. The molecule has 1 atom stereocenters. The molecule has 0 aromatic heterocycles. The highest BCUT2D eigenvalue weighted by Crippen LogP contribution is 2.04. The number of hydrogen-bond acceptors (Lipinski definition) is 3. The number of carbonyl (C=O) groups is 1. The standard InChI is InChI=1S/C11H18O3Si2/c1-16(14-15)8-7-11(12)13-9-10-5-3-2-4-6-10/h2-6,16H,7-9H2,1,15H3. The molecule has 0 saturated carbocycles. The molecule has 0 heterocycles. The first-order valence-electron chi connectivity index (χ1n) is 5.44. The van der Waals surface area contributed by atoms with Crippen LogP contribution in [0.15, 0.2) is 30.3 Å². The van der Waals surface area contributed by atoms with Gasteiger partial charge in [-0.15, -0.1) is 0 Å². The number of benzene rings is 1. The highest BCUT2D eigenvalue weighted by molar-refractivity contribution is 6.54. The van der Waals surface area contributed by atoms with Gasteiger partial charge >= 0.3 is 5.97 Å². The zero-order valence-electron chi connectivity index (χ0n) is 9.81. The Morgan fingerprint density at radius 1 is 1.38 bits per heavy atom. The molecule has 0 spiro atoms. The number of rotatable bonds is 6. The van der Waals surface area contributed by atoms with Gasteiger partial charge < -0.3 is 8.85 Å². The van der Waals surface area contributed by atoms with Crippen molar-refractivity contribution in [2.45, 2.75) is 25.6 Å². The SMILES string of the molecule is C[SiH](CCC(=O)OCc1ccccc1)O[SiH3]. The first-order chi connectivity index (χ1) is 7.72. The van der Waals surface area contributed by atoms with Crippen molar-refractivity contribution in [2.24, 2.45) is 0 Å². The van der Waals surface area contributed by atoms with E-state index in [1.807, 2.05) is 30.3 Å². The molecule has 0 radical (unpaired) electrons. The highest BCUT2D eigenvalue weighted by Gasteiger charge is 2.08. The third-order valence-corrected chi connectivity index (χ3v) is 6.72. The molecular formula is C11H18O3Si2. The zero-order valence-corrected chi connectivity index (χ0v) is 13.0. The number of ether oxygens (including phenoxy) is 1. The molecule has 0 N–H and O–H groups in total. The minimum atomic E-state index is -1.08. The van der Waals surface area contributed by atoms with Gasteiger partial charge in [-0.05, 0) is 18.2 Å². The molecule has 16 heavy (non-hydrogen) atoms. The number of esters is 1. The average Bonchev–Trinajstić information content (AvgIpc) is 2.34. The molecule has 0 aliphatic rings. The fourth-order valence-corrected chi connectivity index (χ4v) is 2.83. The van der Waals surface area contributed by atoms with Crippen molar-refractivity contribution in [3.05, 3.63) is 35.9 Å². The van der Waals surface area contributed by atoms with Crippen molar-refractivity contribution in [3.63, 3.8) is 0 Å². The summed E-state index contributed by atoms with van der Waals surface area (Å²) >= 11 is 0. The van der Waals surface area contributed by atoms with E-state index in [2.05, 4.69) is 6.55 Å². The summed E-state index contributed by atoms with van der Waals surface area (Å²) in [5.41, 5.74) is 1.03. The third kappa shape index (κ3) is 5.25.